The molecule has 1 aromatic heterocycles. The Kier molecular flexibility index (Phi) is 4.63. The van der Waals surface area contributed by atoms with Gasteiger partial charge in [0.15, 0.2) is 0 Å². The maximum Gasteiger partial charge on any atom is 0.245 e. The quantitative estimate of drug-likeness (QED) is 0.901. The normalized spacial score (nSPS) is 22.7. The van der Waals surface area contributed by atoms with Crippen molar-refractivity contribution in [2.45, 2.75) is 44.3 Å². The van der Waals surface area contributed by atoms with Gasteiger partial charge in [-0.05, 0) is 38.3 Å². The topological polar surface area (TPSA) is 76.5 Å². The van der Waals surface area contributed by atoms with Gasteiger partial charge in [0.05, 0.1) is 17.4 Å². The van der Waals surface area contributed by atoms with Crippen molar-refractivity contribution < 1.29 is 14.3 Å². The first kappa shape index (κ1) is 17.0. The van der Waals surface area contributed by atoms with Crippen LogP contribution in [0.1, 0.15) is 32.2 Å². The minimum Gasteiger partial charge on any atom is -0.381 e. The largest absolute Gasteiger partial charge is 0.381 e. The van der Waals surface area contributed by atoms with Crippen LogP contribution in [0.4, 0.5) is 0 Å². The standard InChI is InChI=1S/C19H24N4O3/c1-13(23-12-20-15-4-2-3-5-17(15)23)18(24)21-16-6-9-22(19(16)25)14-7-10-26-11-8-14/h2-5,12-14,16H,6-11H2,1H3,(H,21,24). The zero-order valence-corrected chi connectivity index (χ0v) is 14.9. The van der Waals surface area contributed by atoms with E-state index in [4.69, 9.17) is 4.74 Å². The summed E-state index contributed by atoms with van der Waals surface area (Å²) in [6.07, 6.45) is 4.10. The molecule has 2 unspecified atom stereocenters. The zero-order chi connectivity index (χ0) is 18.1. The molecule has 0 aliphatic carbocycles. The summed E-state index contributed by atoms with van der Waals surface area (Å²) in [6, 6.07) is 7.11. The number of hydrogen-bond donors (Lipinski definition) is 1. The molecule has 4 rings (SSSR count). The smallest absolute Gasteiger partial charge is 0.245 e. The monoisotopic (exact) mass is 356 g/mol. The Bertz CT molecular complexity index is 812. The maximum atomic E-state index is 12.7. The van der Waals surface area contributed by atoms with Gasteiger partial charge >= 0.3 is 0 Å². The second-order valence-corrected chi connectivity index (χ2v) is 7.04. The van der Waals surface area contributed by atoms with Crippen molar-refractivity contribution in [2.75, 3.05) is 19.8 Å². The highest BCUT2D eigenvalue weighted by Gasteiger charge is 2.37. The summed E-state index contributed by atoms with van der Waals surface area (Å²) < 4.78 is 7.23. The van der Waals surface area contributed by atoms with E-state index in [1.54, 1.807) is 6.33 Å². The zero-order valence-electron chi connectivity index (χ0n) is 14.9. The number of ether oxygens (including phenoxy) is 1. The third kappa shape index (κ3) is 3.07. The lowest BCUT2D eigenvalue weighted by Crippen LogP contribution is -2.47. The molecule has 2 saturated heterocycles. The van der Waals surface area contributed by atoms with Crippen LogP contribution in [0.15, 0.2) is 30.6 Å². The SMILES string of the molecule is CC(C(=O)NC1CCN(C2CCOCC2)C1=O)n1cnc2ccccc21. The molecule has 2 aromatic rings. The Morgan fingerprint density at radius 3 is 2.85 bits per heavy atom. The van der Waals surface area contributed by atoms with E-state index < -0.39 is 12.1 Å². The Labute approximate surface area is 152 Å². The van der Waals surface area contributed by atoms with E-state index in [0.717, 1.165) is 23.9 Å². The van der Waals surface area contributed by atoms with Gasteiger partial charge < -0.3 is 19.5 Å². The predicted octanol–water partition coefficient (Wildman–Crippen LogP) is 1.49. The van der Waals surface area contributed by atoms with Gasteiger partial charge in [-0.3, -0.25) is 9.59 Å². The van der Waals surface area contributed by atoms with Crippen LogP contribution in [-0.4, -0.2) is 58.1 Å². The summed E-state index contributed by atoms with van der Waals surface area (Å²) in [6.45, 7) is 3.95. The first-order valence-electron chi connectivity index (χ1n) is 9.25. The van der Waals surface area contributed by atoms with Gasteiger partial charge in [0.25, 0.3) is 0 Å². The van der Waals surface area contributed by atoms with Gasteiger partial charge in [-0.15, -0.1) is 0 Å². The molecule has 26 heavy (non-hydrogen) atoms. The molecule has 2 fully saturated rings. The molecule has 2 amide bonds. The first-order valence-corrected chi connectivity index (χ1v) is 9.25. The molecule has 138 valence electrons. The number of nitrogens with zero attached hydrogens (tertiary/aromatic N) is 3. The molecule has 0 bridgehead atoms. The number of fused-ring (bicyclic) bond motifs is 1. The van der Waals surface area contributed by atoms with Crippen LogP contribution in [-0.2, 0) is 14.3 Å². The fourth-order valence-corrected chi connectivity index (χ4v) is 3.90. The molecule has 2 aliphatic rings. The van der Waals surface area contributed by atoms with Gasteiger partial charge in [-0.25, -0.2) is 4.98 Å². The number of amides is 2. The van der Waals surface area contributed by atoms with E-state index in [9.17, 15) is 9.59 Å². The number of likely N-dealkylation sites (tertiary alicyclic amines) is 1. The third-order valence-electron chi connectivity index (χ3n) is 5.47. The second kappa shape index (κ2) is 7.07. The van der Waals surface area contributed by atoms with Crippen molar-refractivity contribution in [1.82, 2.24) is 19.8 Å². The van der Waals surface area contributed by atoms with Crippen LogP contribution in [0.2, 0.25) is 0 Å². The molecule has 1 aromatic carbocycles. The van der Waals surface area contributed by atoms with Crippen LogP contribution >= 0.6 is 0 Å². The minimum atomic E-state index is -0.428. The average Bonchev–Trinajstić information content (AvgIpc) is 3.26. The minimum absolute atomic E-state index is 0.0351. The summed E-state index contributed by atoms with van der Waals surface area (Å²) in [7, 11) is 0. The lowest BCUT2D eigenvalue weighted by molar-refractivity contribution is -0.136. The molecule has 7 nitrogen and oxygen atoms in total. The summed E-state index contributed by atoms with van der Waals surface area (Å²) >= 11 is 0. The highest BCUT2D eigenvalue weighted by Crippen LogP contribution is 2.22. The van der Waals surface area contributed by atoms with E-state index >= 15 is 0 Å². The van der Waals surface area contributed by atoms with Crippen molar-refractivity contribution in [3.63, 3.8) is 0 Å². The van der Waals surface area contributed by atoms with Crippen molar-refractivity contribution in [1.29, 1.82) is 0 Å². The molecular formula is C19H24N4O3. The van der Waals surface area contributed by atoms with Gasteiger partial charge in [0, 0.05) is 25.8 Å². The van der Waals surface area contributed by atoms with E-state index in [1.807, 2.05) is 40.7 Å². The number of carbonyl (C=O) groups excluding carboxylic acids is 2. The van der Waals surface area contributed by atoms with E-state index in [1.165, 1.54) is 0 Å². The van der Waals surface area contributed by atoms with Gasteiger partial charge in [-0.2, -0.15) is 0 Å². The summed E-state index contributed by atoms with van der Waals surface area (Å²) in [5.41, 5.74) is 1.77. The van der Waals surface area contributed by atoms with Crippen LogP contribution < -0.4 is 5.32 Å². The summed E-state index contributed by atoms with van der Waals surface area (Å²) in [5.74, 6) is -0.117. The number of carbonyl (C=O) groups is 2. The predicted molar refractivity (Wildman–Crippen MR) is 96.5 cm³/mol. The Hall–Kier alpha value is -2.41. The summed E-state index contributed by atoms with van der Waals surface area (Å²) in [5, 5.41) is 2.94. The molecule has 2 atom stereocenters. The summed E-state index contributed by atoms with van der Waals surface area (Å²) in [4.78, 5) is 31.7. The van der Waals surface area contributed by atoms with Crippen LogP contribution in [0, 0.1) is 0 Å². The van der Waals surface area contributed by atoms with Crippen LogP contribution in [0.25, 0.3) is 11.0 Å². The number of aromatic nitrogens is 2. The first-order chi connectivity index (χ1) is 12.6. The van der Waals surface area contributed by atoms with Crippen LogP contribution in [0.3, 0.4) is 0 Å². The molecule has 0 radical (unpaired) electrons. The second-order valence-electron chi connectivity index (χ2n) is 7.04. The number of para-hydroxylation sites is 2. The number of imidazole rings is 1. The molecule has 0 spiro atoms. The maximum absolute atomic E-state index is 12.7. The Morgan fingerprint density at radius 1 is 1.27 bits per heavy atom. The van der Waals surface area contributed by atoms with Gasteiger partial charge in [0.1, 0.15) is 12.1 Å². The average molecular weight is 356 g/mol. The van der Waals surface area contributed by atoms with Crippen molar-refractivity contribution >= 4 is 22.8 Å². The van der Waals surface area contributed by atoms with Crippen LogP contribution in [0.5, 0.6) is 0 Å². The van der Waals surface area contributed by atoms with Crippen molar-refractivity contribution in [3.05, 3.63) is 30.6 Å². The Morgan fingerprint density at radius 2 is 2.04 bits per heavy atom. The molecule has 3 heterocycles. The lowest BCUT2D eigenvalue weighted by Gasteiger charge is -2.31. The number of benzene rings is 1. The molecule has 7 heteroatoms. The number of rotatable bonds is 4. The van der Waals surface area contributed by atoms with Gasteiger partial charge in [-0.1, -0.05) is 12.1 Å². The van der Waals surface area contributed by atoms with E-state index in [2.05, 4.69) is 10.3 Å². The number of hydrogen-bond acceptors (Lipinski definition) is 4. The fraction of sp³-hybridized carbons (Fsp3) is 0.526. The third-order valence-corrected chi connectivity index (χ3v) is 5.47. The molecule has 0 saturated carbocycles. The lowest BCUT2D eigenvalue weighted by atomic mass is 10.1. The van der Waals surface area contributed by atoms with E-state index in [0.29, 0.717) is 26.2 Å². The van der Waals surface area contributed by atoms with Crippen molar-refractivity contribution in [3.8, 4) is 0 Å². The Balaban J connectivity index is 1.42. The fourth-order valence-electron chi connectivity index (χ4n) is 3.90. The molecule has 2 aliphatic heterocycles. The highest BCUT2D eigenvalue weighted by atomic mass is 16.5. The highest BCUT2D eigenvalue weighted by molar-refractivity contribution is 5.91. The molecule has 1 N–H and O–H groups in total. The van der Waals surface area contributed by atoms with Gasteiger partial charge in [0.2, 0.25) is 11.8 Å². The van der Waals surface area contributed by atoms with E-state index in [-0.39, 0.29) is 17.9 Å². The number of nitrogens with one attached hydrogen (secondary N) is 1. The van der Waals surface area contributed by atoms with Crippen molar-refractivity contribution in [2.24, 2.45) is 0 Å². The molecular weight excluding hydrogens is 332 g/mol.